The summed E-state index contributed by atoms with van der Waals surface area (Å²) in [6.07, 6.45) is 4.94. The van der Waals surface area contributed by atoms with Crippen molar-refractivity contribution in [1.29, 1.82) is 5.41 Å². The van der Waals surface area contributed by atoms with Gasteiger partial charge in [-0.1, -0.05) is 44.2 Å². The number of allylic oxidation sites excluding steroid dienone is 1. The van der Waals surface area contributed by atoms with Crippen molar-refractivity contribution in [3.63, 3.8) is 0 Å². The molecule has 0 aliphatic carbocycles. The molecule has 0 radical (unpaired) electrons. The van der Waals surface area contributed by atoms with Gasteiger partial charge >= 0.3 is 0 Å². The molecule has 68 valence electrons. The van der Waals surface area contributed by atoms with E-state index in [1.807, 2.05) is 6.08 Å². The highest BCUT2D eigenvalue weighted by atomic mass is 14.3. The normalized spacial score (nSPS) is 11.0. The van der Waals surface area contributed by atoms with Gasteiger partial charge in [-0.3, -0.25) is 0 Å². The van der Waals surface area contributed by atoms with Crippen LogP contribution >= 0.6 is 0 Å². The molecule has 1 aromatic carbocycles. The van der Waals surface area contributed by atoms with Gasteiger partial charge in [0.1, 0.15) is 0 Å². The Bertz CT molecular complexity index is 293. The fourth-order valence-electron chi connectivity index (χ4n) is 1.15. The monoisotopic (exact) mass is 173 g/mol. The molecule has 0 aromatic heterocycles. The molecule has 0 fully saturated rings. The van der Waals surface area contributed by atoms with Crippen molar-refractivity contribution in [3.8, 4) is 0 Å². The second kappa shape index (κ2) is 4.61. The second-order valence-corrected chi connectivity index (χ2v) is 3.35. The largest absolute Gasteiger partial charge is 0.309 e. The zero-order valence-corrected chi connectivity index (χ0v) is 8.12. The summed E-state index contributed by atoms with van der Waals surface area (Å²) in [5, 5.41) is 6.85. The summed E-state index contributed by atoms with van der Waals surface area (Å²) < 4.78 is 0. The number of hydrogen-bond acceptors (Lipinski definition) is 1. The zero-order valence-electron chi connectivity index (χ0n) is 8.12. The van der Waals surface area contributed by atoms with Crippen molar-refractivity contribution in [1.82, 2.24) is 0 Å². The highest BCUT2D eigenvalue weighted by Gasteiger charge is 1.96. The maximum atomic E-state index is 6.85. The Morgan fingerprint density at radius 1 is 1.15 bits per heavy atom. The van der Waals surface area contributed by atoms with E-state index in [4.69, 9.17) is 5.41 Å². The molecule has 0 spiro atoms. The summed E-state index contributed by atoms with van der Waals surface area (Å²) in [5.74, 6) is 0.584. The summed E-state index contributed by atoms with van der Waals surface area (Å²) in [4.78, 5) is 0. The van der Waals surface area contributed by atoms with E-state index in [1.54, 1.807) is 6.08 Å². The lowest BCUT2D eigenvalue weighted by Gasteiger charge is -2.04. The minimum absolute atomic E-state index is 0.584. The third-order valence-corrected chi connectivity index (χ3v) is 1.99. The first-order chi connectivity index (χ1) is 6.24. The van der Waals surface area contributed by atoms with E-state index in [0.717, 1.165) is 5.56 Å². The molecule has 1 N–H and O–H groups in total. The van der Waals surface area contributed by atoms with Crippen molar-refractivity contribution < 1.29 is 0 Å². The Balaban J connectivity index is 2.81. The maximum Gasteiger partial charge on any atom is 0.0177 e. The molecule has 0 aliphatic heterocycles. The molecular formula is C12H15N. The van der Waals surface area contributed by atoms with Crippen molar-refractivity contribution in [2.45, 2.75) is 19.8 Å². The van der Waals surface area contributed by atoms with Crippen molar-refractivity contribution in [2.75, 3.05) is 0 Å². The molecule has 0 heterocycles. The lowest BCUT2D eigenvalue weighted by atomic mass is 10.0. The van der Waals surface area contributed by atoms with E-state index in [0.29, 0.717) is 5.92 Å². The standard InChI is InChI=1S/C12H15N/c1-10(2)12-7-5-11(6-8-12)4-3-9-13/h3-10,13H,1-2H3/b4-3-,13-9?. The smallest absolute Gasteiger partial charge is 0.0177 e. The predicted molar refractivity (Wildman–Crippen MR) is 58.3 cm³/mol. The summed E-state index contributed by atoms with van der Waals surface area (Å²) in [6.45, 7) is 4.37. The average molecular weight is 173 g/mol. The van der Waals surface area contributed by atoms with E-state index in [2.05, 4.69) is 38.1 Å². The zero-order chi connectivity index (χ0) is 9.68. The first-order valence-corrected chi connectivity index (χ1v) is 4.51. The lowest BCUT2D eigenvalue weighted by Crippen LogP contribution is -1.85. The number of hydrogen-bond donors (Lipinski definition) is 1. The Morgan fingerprint density at radius 3 is 2.23 bits per heavy atom. The van der Waals surface area contributed by atoms with Crippen LogP contribution in [0.25, 0.3) is 6.08 Å². The molecule has 13 heavy (non-hydrogen) atoms. The van der Waals surface area contributed by atoms with Gasteiger partial charge in [-0.05, 0) is 23.1 Å². The molecule has 1 heteroatoms. The average Bonchev–Trinajstić information content (AvgIpc) is 2.15. The summed E-state index contributed by atoms with van der Waals surface area (Å²) >= 11 is 0. The molecular weight excluding hydrogens is 158 g/mol. The molecule has 0 amide bonds. The van der Waals surface area contributed by atoms with Gasteiger partial charge in [-0.25, -0.2) is 0 Å². The van der Waals surface area contributed by atoms with Crippen LogP contribution in [0.3, 0.4) is 0 Å². The molecule has 1 rings (SSSR count). The first kappa shape index (κ1) is 9.72. The quantitative estimate of drug-likeness (QED) is 0.677. The molecule has 0 saturated carbocycles. The van der Waals surface area contributed by atoms with Gasteiger partial charge in [0.15, 0.2) is 0 Å². The number of benzene rings is 1. The van der Waals surface area contributed by atoms with E-state index in [9.17, 15) is 0 Å². The van der Waals surface area contributed by atoms with E-state index in [-0.39, 0.29) is 0 Å². The van der Waals surface area contributed by atoms with Crippen molar-refractivity contribution in [2.24, 2.45) is 0 Å². The molecule has 0 unspecified atom stereocenters. The van der Waals surface area contributed by atoms with Crippen molar-refractivity contribution >= 4 is 12.3 Å². The minimum atomic E-state index is 0.584. The molecule has 1 aromatic rings. The van der Waals surface area contributed by atoms with Gasteiger partial charge < -0.3 is 5.41 Å². The van der Waals surface area contributed by atoms with Gasteiger partial charge in [0.2, 0.25) is 0 Å². The summed E-state index contributed by atoms with van der Waals surface area (Å²) in [7, 11) is 0. The minimum Gasteiger partial charge on any atom is -0.309 e. The summed E-state index contributed by atoms with van der Waals surface area (Å²) in [5.41, 5.74) is 2.50. The Morgan fingerprint density at radius 2 is 1.77 bits per heavy atom. The predicted octanol–water partition coefficient (Wildman–Crippen LogP) is 3.47. The Labute approximate surface area is 79.6 Å². The van der Waals surface area contributed by atoms with Crippen LogP contribution in [-0.4, -0.2) is 6.21 Å². The van der Waals surface area contributed by atoms with E-state index in [1.165, 1.54) is 11.8 Å². The van der Waals surface area contributed by atoms with Gasteiger partial charge in [0.05, 0.1) is 0 Å². The van der Waals surface area contributed by atoms with Gasteiger partial charge in [0.25, 0.3) is 0 Å². The fraction of sp³-hybridized carbons (Fsp3) is 0.250. The SMILES string of the molecule is CC(C)c1ccc(/C=C\C=N)cc1. The highest BCUT2D eigenvalue weighted by molar-refractivity contribution is 5.75. The molecule has 1 nitrogen and oxygen atoms in total. The first-order valence-electron chi connectivity index (χ1n) is 4.51. The topological polar surface area (TPSA) is 23.9 Å². The Kier molecular flexibility index (Phi) is 3.44. The van der Waals surface area contributed by atoms with E-state index < -0.39 is 0 Å². The van der Waals surface area contributed by atoms with Crippen LogP contribution in [0.5, 0.6) is 0 Å². The molecule has 0 saturated heterocycles. The summed E-state index contributed by atoms with van der Waals surface area (Å²) in [6, 6.07) is 8.42. The van der Waals surface area contributed by atoms with E-state index >= 15 is 0 Å². The van der Waals surface area contributed by atoms with Gasteiger partial charge in [-0.2, -0.15) is 0 Å². The molecule has 0 aliphatic rings. The Hall–Kier alpha value is -1.37. The second-order valence-electron chi connectivity index (χ2n) is 3.35. The molecule has 0 atom stereocenters. The third-order valence-electron chi connectivity index (χ3n) is 1.99. The van der Waals surface area contributed by atoms with Gasteiger partial charge in [-0.15, -0.1) is 0 Å². The number of rotatable bonds is 3. The fourth-order valence-corrected chi connectivity index (χ4v) is 1.15. The van der Waals surface area contributed by atoms with Crippen LogP contribution in [0.4, 0.5) is 0 Å². The molecule has 0 bridgehead atoms. The third kappa shape index (κ3) is 2.86. The van der Waals surface area contributed by atoms with Crippen LogP contribution < -0.4 is 0 Å². The van der Waals surface area contributed by atoms with Crippen LogP contribution in [0.2, 0.25) is 0 Å². The van der Waals surface area contributed by atoms with Crippen LogP contribution in [0, 0.1) is 5.41 Å². The maximum absolute atomic E-state index is 6.85. The lowest BCUT2D eigenvalue weighted by molar-refractivity contribution is 0.866. The van der Waals surface area contributed by atoms with Crippen molar-refractivity contribution in [3.05, 3.63) is 41.5 Å². The highest BCUT2D eigenvalue weighted by Crippen LogP contribution is 2.14. The van der Waals surface area contributed by atoms with Crippen LogP contribution in [0.1, 0.15) is 30.9 Å². The van der Waals surface area contributed by atoms with Gasteiger partial charge in [0, 0.05) is 6.21 Å². The number of nitrogens with one attached hydrogen (secondary N) is 1. The van der Waals surface area contributed by atoms with Crippen LogP contribution in [-0.2, 0) is 0 Å². The van der Waals surface area contributed by atoms with Crippen LogP contribution in [0.15, 0.2) is 30.3 Å².